The summed E-state index contributed by atoms with van der Waals surface area (Å²) in [7, 11) is 2.07. The third kappa shape index (κ3) is 1.37. The lowest BCUT2D eigenvalue weighted by atomic mass is 10.1. The maximum Gasteiger partial charge on any atom is 0.105 e. The average molecular weight is 190 g/mol. The predicted octanol–water partition coefficient (Wildman–Crippen LogP) is 2.28. The summed E-state index contributed by atoms with van der Waals surface area (Å²) in [5.41, 5.74) is 2.50. The second-order valence-corrected chi connectivity index (χ2v) is 3.36. The number of isothiocyanates is 1. The molecule has 0 fully saturated rings. The van der Waals surface area contributed by atoms with Crippen molar-refractivity contribution < 1.29 is 0 Å². The molecule has 1 heterocycles. The highest BCUT2D eigenvalue weighted by molar-refractivity contribution is 7.78. The fourth-order valence-corrected chi connectivity index (χ4v) is 1.87. The van der Waals surface area contributed by atoms with Gasteiger partial charge in [-0.25, -0.2) is 4.99 Å². The van der Waals surface area contributed by atoms with Gasteiger partial charge in [-0.2, -0.15) is 0 Å². The first-order valence-corrected chi connectivity index (χ1v) is 4.61. The lowest BCUT2D eigenvalue weighted by Crippen LogP contribution is -2.14. The number of thiocarbonyl (C=S) groups is 1. The van der Waals surface area contributed by atoms with E-state index in [1.165, 1.54) is 11.3 Å². The van der Waals surface area contributed by atoms with Gasteiger partial charge in [0.2, 0.25) is 0 Å². The van der Waals surface area contributed by atoms with E-state index < -0.39 is 0 Å². The van der Waals surface area contributed by atoms with Crippen molar-refractivity contribution in [2.75, 3.05) is 18.5 Å². The van der Waals surface area contributed by atoms with Crippen molar-refractivity contribution in [3.8, 4) is 0 Å². The molecule has 0 amide bonds. The Morgan fingerprint density at radius 2 is 2.31 bits per heavy atom. The zero-order chi connectivity index (χ0) is 9.26. The van der Waals surface area contributed by atoms with Crippen LogP contribution in [0.5, 0.6) is 0 Å². The SMILES string of the molecule is CN1CC(N=C=S)c2ccccc21. The summed E-state index contributed by atoms with van der Waals surface area (Å²) >= 11 is 4.62. The van der Waals surface area contributed by atoms with Crippen molar-refractivity contribution in [2.24, 2.45) is 4.99 Å². The van der Waals surface area contributed by atoms with Crippen molar-refractivity contribution in [1.29, 1.82) is 0 Å². The van der Waals surface area contributed by atoms with E-state index in [4.69, 9.17) is 0 Å². The van der Waals surface area contributed by atoms with Gasteiger partial charge in [0.15, 0.2) is 0 Å². The number of rotatable bonds is 1. The van der Waals surface area contributed by atoms with Crippen LogP contribution < -0.4 is 4.90 Å². The molecule has 1 aromatic carbocycles. The Morgan fingerprint density at radius 3 is 3.08 bits per heavy atom. The van der Waals surface area contributed by atoms with Gasteiger partial charge in [-0.15, -0.1) is 0 Å². The Morgan fingerprint density at radius 1 is 1.54 bits per heavy atom. The van der Waals surface area contributed by atoms with Crippen molar-refractivity contribution in [2.45, 2.75) is 6.04 Å². The van der Waals surface area contributed by atoms with E-state index in [0.29, 0.717) is 0 Å². The van der Waals surface area contributed by atoms with Crippen LogP contribution in [0.15, 0.2) is 29.3 Å². The summed E-state index contributed by atoms with van der Waals surface area (Å²) in [5, 5.41) is 2.45. The van der Waals surface area contributed by atoms with Crippen LogP contribution in [0, 0.1) is 0 Å². The molecule has 1 atom stereocenters. The molecule has 0 spiro atoms. The van der Waals surface area contributed by atoms with Crippen LogP contribution in [-0.2, 0) is 0 Å². The van der Waals surface area contributed by atoms with Gasteiger partial charge in [-0.3, -0.25) is 0 Å². The van der Waals surface area contributed by atoms with Crippen LogP contribution in [0.1, 0.15) is 11.6 Å². The third-order valence-corrected chi connectivity index (χ3v) is 2.47. The van der Waals surface area contributed by atoms with E-state index in [0.717, 1.165) is 6.54 Å². The molecule has 2 rings (SSSR count). The first kappa shape index (κ1) is 8.42. The zero-order valence-electron chi connectivity index (χ0n) is 7.40. The van der Waals surface area contributed by atoms with Crippen LogP contribution in [0.3, 0.4) is 0 Å². The van der Waals surface area contributed by atoms with E-state index in [-0.39, 0.29) is 6.04 Å². The molecule has 2 nitrogen and oxygen atoms in total. The number of likely N-dealkylation sites (N-methyl/N-ethyl adjacent to an activating group) is 1. The lowest BCUT2D eigenvalue weighted by molar-refractivity contribution is 0.768. The van der Waals surface area contributed by atoms with E-state index in [1.807, 2.05) is 12.1 Å². The Labute approximate surface area is 82.9 Å². The molecular weight excluding hydrogens is 180 g/mol. The monoisotopic (exact) mass is 190 g/mol. The van der Waals surface area contributed by atoms with Crippen LogP contribution in [-0.4, -0.2) is 18.8 Å². The molecule has 0 radical (unpaired) electrons. The maximum absolute atomic E-state index is 4.62. The minimum absolute atomic E-state index is 0.179. The molecular formula is C10H10N2S. The van der Waals surface area contributed by atoms with Gasteiger partial charge in [0.1, 0.15) is 6.04 Å². The fourth-order valence-electron chi connectivity index (χ4n) is 1.75. The van der Waals surface area contributed by atoms with Gasteiger partial charge in [0.05, 0.1) is 5.16 Å². The molecule has 0 N–H and O–H groups in total. The molecule has 1 aromatic rings. The first-order valence-electron chi connectivity index (χ1n) is 4.20. The first-order chi connectivity index (χ1) is 6.33. The lowest BCUT2D eigenvalue weighted by Gasteiger charge is -2.10. The molecule has 13 heavy (non-hydrogen) atoms. The topological polar surface area (TPSA) is 15.6 Å². The van der Waals surface area contributed by atoms with Gasteiger partial charge in [0, 0.05) is 24.8 Å². The van der Waals surface area contributed by atoms with E-state index in [1.54, 1.807) is 0 Å². The smallest absolute Gasteiger partial charge is 0.105 e. The summed E-state index contributed by atoms with van der Waals surface area (Å²) in [4.78, 5) is 6.33. The highest BCUT2D eigenvalue weighted by Gasteiger charge is 2.24. The predicted molar refractivity (Wildman–Crippen MR) is 57.5 cm³/mol. The van der Waals surface area contributed by atoms with Crippen molar-refractivity contribution in [3.63, 3.8) is 0 Å². The molecule has 1 aliphatic heterocycles. The number of nitrogens with zero attached hydrogens (tertiary/aromatic N) is 2. The number of fused-ring (bicyclic) bond motifs is 1. The average Bonchev–Trinajstić information content (AvgIpc) is 2.46. The standard InChI is InChI=1S/C10H10N2S/c1-12-6-9(11-7-13)8-4-2-3-5-10(8)12/h2-5,9H,6H2,1H3. The Balaban J connectivity index is 2.46. The van der Waals surface area contributed by atoms with Crippen molar-refractivity contribution in [3.05, 3.63) is 29.8 Å². The van der Waals surface area contributed by atoms with Crippen LogP contribution in [0.4, 0.5) is 5.69 Å². The molecule has 0 bridgehead atoms. The number of anilines is 1. The molecule has 0 aromatic heterocycles. The summed E-state index contributed by atoms with van der Waals surface area (Å²) in [6.07, 6.45) is 0. The van der Waals surface area contributed by atoms with Crippen LogP contribution >= 0.6 is 12.2 Å². The highest BCUT2D eigenvalue weighted by Crippen LogP contribution is 2.35. The second-order valence-electron chi connectivity index (χ2n) is 3.18. The summed E-state index contributed by atoms with van der Waals surface area (Å²) in [5.74, 6) is 0. The number of para-hydroxylation sites is 1. The Hall–Kier alpha value is -1.18. The highest BCUT2D eigenvalue weighted by atomic mass is 32.1. The number of hydrogen-bond acceptors (Lipinski definition) is 3. The number of hydrogen-bond donors (Lipinski definition) is 0. The van der Waals surface area contributed by atoms with E-state index >= 15 is 0 Å². The number of benzene rings is 1. The van der Waals surface area contributed by atoms with Crippen LogP contribution in [0.25, 0.3) is 0 Å². The van der Waals surface area contributed by atoms with E-state index in [9.17, 15) is 0 Å². The second kappa shape index (κ2) is 3.29. The number of aliphatic imine (C=N–C) groups is 1. The van der Waals surface area contributed by atoms with Crippen molar-refractivity contribution in [1.82, 2.24) is 0 Å². The normalized spacial score (nSPS) is 19.5. The molecule has 1 aliphatic rings. The maximum atomic E-state index is 4.62. The summed E-state index contributed by atoms with van der Waals surface area (Å²) < 4.78 is 0. The molecule has 0 saturated carbocycles. The van der Waals surface area contributed by atoms with Gasteiger partial charge in [-0.05, 0) is 18.3 Å². The van der Waals surface area contributed by atoms with Gasteiger partial charge in [0.25, 0.3) is 0 Å². The minimum atomic E-state index is 0.179. The fraction of sp³-hybridized carbons (Fsp3) is 0.300. The van der Waals surface area contributed by atoms with Gasteiger partial charge >= 0.3 is 0 Å². The molecule has 0 aliphatic carbocycles. The zero-order valence-corrected chi connectivity index (χ0v) is 8.21. The van der Waals surface area contributed by atoms with Gasteiger partial charge < -0.3 is 4.90 Å². The molecule has 0 saturated heterocycles. The Bertz CT molecular complexity index is 369. The third-order valence-electron chi connectivity index (χ3n) is 2.36. The van der Waals surface area contributed by atoms with Gasteiger partial charge in [-0.1, -0.05) is 18.2 Å². The molecule has 66 valence electrons. The minimum Gasteiger partial charge on any atom is -0.372 e. The summed E-state index contributed by atoms with van der Waals surface area (Å²) in [6.45, 7) is 0.906. The largest absolute Gasteiger partial charge is 0.372 e. The quantitative estimate of drug-likeness (QED) is 0.498. The van der Waals surface area contributed by atoms with Crippen molar-refractivity contribution >= 4 is 23.1 Å². The summed E-state index contributed by atoms with van der Waals surface area (Å²) in [6, 6.07) is 8.45. The van der Waals surface area contributed by atoms with E-state index in [2.05, 4.69) is 46.5 Å². The Kier molecular flexibility index (Phi) is 2.13. The molecule has 1 unspecified atom stereocenters. The molecule has 3 heteroatoms. The van der Waals surface area contributed by atoms with Crippen LogP contribution in [0.2, 0.25) is 0 Å².